The monoisotopic (exact) mass is 371 g/mol. The van der Waals surface area contributed by atoms with Crippen molar-refractivity contribution in [2.45, 2.75) is 32.0 Å². The van der Waals surface area contributed by atoms with Crippen molar-refractivity contribution in [3.63, 3.8) is 0 Å². The van der Waals surface area contributed by atoms with Crippen molar-refractivity contribution in [1.82, 2.24) is 5.32 Å². The number of halogens is 1. The standard InChI is InChI=1S/C13H14IN3O2/c1-7-15-9-6-8(14)2-3-10(9)17(7)11-4-5-12(18)16-13(11)19/h2-3,6-7,11,15H,4-5H2,1H3,(H,16,18,19). The highest BCUT2D eigenvalue weighted by Gasteiger charge is 2.38. The fourth-order valence-electron chi connectivity index (χ4n) is 2.74. The van der Waals surface area contributed by atoms with Crippen molar-refractivity contribution < 1.29 is 9.59 Å². The van der Waals surface area contributed by atoms with Crippen molar-refractivity contribution >= 4 is 45.8 Å². The Bertz CT molecular complexity index is 561. The van der Waals surface area contributed by atoms with Gasteiger partial charge >= 0.3 is 0 Å². The summed E-state index contributed by atoms with van der Waals surface area (Å²) in [5, 5.41) is 5.79. The third-order valence-electron chi connectivity index (χ3n) is 3.56. The molecule has 19 heavy (non-hydrogen) atoms. The van der Waals surface area contributed by atoms with E-state index in [1.165, 1.54) is 0 Å². The Labute approximate surface area is 124 Å². The Hall–Kier alpha value is -1.31. The summed E-state index contributed by atoms with van der Waals surface area (Å²) in [6.07, 6.45) is 1.03. The normalized spacial score (nSPS) is 25.9. The highest BCUT2D eigenvalue weighted by molar-refractivity contribution is 14.1. The van der Waals surface area contributed by atoms with Crippen molar-refractivity contribution in [1.29, 1.82) is 0 Å². The van der Waals surface area contributed by atoms with Gasteiger partial charge in [0.2, 0.25) is 11.8 Å². The van der Waals surface area contributed by atoms with Gasteiger partial charge in [-0.25, -0.2) is 0 Å². The number of imide groups is 1. The Morgan fingerprint density at radius 2 is 2.16 bits per heavy atom. The number of hydrogen-bond acceptors (Lipinski definition) is 4. The van der Waals surface area contributed by atoms with Gasteiger partial charge in [-0.15, -0.1) is 0 Å². The molecule has 100 valence electrons. The van der Waals surface area contributed by atoms with Crippen LogP contribution in [0, 0.1) is 3.57 Å². The lowest BCUT2D eigenvalue weighted by atomic mass is 10.0. The van der Waals surface area contributed by atoms with Crippen LogP contribution in [-0.2, 0) is 9.59 Å². The molecule has 2 heterocycles. The SMILES string of the molecule is CC1Nc2cc(I)ccc2N1C1CCC(=O)NC1=O. The minimum atomic E-state index is -0.276. The summed E-state index contributed by atoms with van der Waals surface area (Å²) in [6, 6.07) is 5.84. The molecule has 6 heteroatoms. The molecular weight excluding hydrogens is 357 g/mol. The zero-order valence-electron chi connectivity index (χ0n) is 10.4. The molecule has 0 aliphatic carbocycles. The molecule has 2 atom stereocenters. The maximum absolute atomic E-state index is 12.0. The van der Waals surface area contributed by atoms with Gasteiger partial charge in [0, 0.05) is 9.99 Å². The molecule has 2 aliphatic heterocycles. The molecule has 1 aromatic carbocycles. The van der Waals surface area contributed by atoms with Crippen LogP contribution in [0.3, 0.4) is 0 Å². The smallest absolute Gasteiger partial charge is 0.249 e. The molecule has 3 rings (SSSR count). The second-order valence-corrected chi connectivity index (χ2v) is 6.10. The van der Waals surface area contributed by atoms with Crippen molar-refractivity contribution in [3.8, 4) is 0 Å². The summed E-state index contributed by atoms with van der Waals surface area (Å²) in [5.41, 5.74) is 2.08. The van der Waals surface area contributed by atoms with Gasteiger partial charge in [0.15, 0.2) is 0 Å². The molecule has 0 spiro atoms. The number of rotatable bonds is 1. The first-order valence-corrected chi connectivity index (χ1v) is 7.32. The number of carbonyl (C=O) groups excluding carboxylic acids is 2. The van der Waals surface area contributed by atoms with E-state index in [0.29, 0.717) is 12.8 Å². The van der Waals surface area contributed by atoms with Gasteiger partial charge in [0.25, 0.3) is 0 Å². The van der Waals surface area contributed by atoms with E-state index in [-0.39, 0.29) is 24.0 Å². The molecule has 2 N–H and O–H groups in total. The average Bonchev–Trinajstić information content (AvgIpc) is 2.65. The Kier molecular flexibility index (Phi) is 3.12. The topological polar surface area (TPSA) is 61.4 Å². The Morgan fingerprint density at radius 1 is 1.37 bits per heavy atom. The van der Waals surface area contributed by atoms with E-state index in [1.807, 2.05) is 19.1 Å². The van der Waals surface area contributed by atoms with E-state index in [2.05, 4.69) is 44.2 Å². The largest absolute Gasteiger partial charge is 0.364 e. The summed E-state index contributed by atoms with van der Waals surface area (Å²) < 4.78 is 1.15. The number of amides is 2. The second-order valence-electron chi connectivity index (χ2n) is 4.86. The van der Waals surface area contributed by atoms with Gasteiger partial charge < -0.3 is 10.2 Å². The first-order chi connectivity index (χ1) is 9.06. The van der Waals surface area contributed by atoms with E-state index < -0.39 is 0 Å². The van der Waals surface area contributed by atoms with E-state index in [9.17, 15) is 9.59 Å². The summed E-state index contributed by atoms with van der Waals surface area (Å²) in [7, 11) is 0. The fraction of sp³-hybridized carbons (Fsp3) is 0.385. The first kappa shape index (κ1) is 12.7. The lowest BCUT2D eigenvalue weighted by Crippen LogP contribution is -2.55. The fourth-order valence-corrected chi connectivity index (χ4v) is 3.23. The number of benzene rings is 1. The van der Waals surface area contributed by atoms with Gasteiger partial charge in [-0.05, 0) is 54.1 Å². The van der Waals surface area contributed by atoms with Crippen LogP contribution in [-0.4, -0.2) is 24.0 Å². The maximum atomic E-state index is 12.0. The summed E-state index contributed by atoms with van der Waals surface area (Å²) in [4.78, 5) is 25.3. The van der Waals surface area contributed by atoms with E-state index in [0.717, 1.165) is 14.9 Å². The minimum Gasteiger partial charge on any atom is -0.364 e. The molecular formula is C13H14IN3O2. The second kappa shape index (κ2) is 4.66. The third kappa shape index (κ3) is 2.18. The molecule has 5 nitrogen and oxygen atoms in total. The lowest BCUT2D eigenvalue weighted by Gasteiger charge is -2.34. The van der Waals surface area contributed by atoms with Gasteiger partial charge in [-0.3, -0.25) is 14.9 Å². The number of fused-ring (bicyclic) bond motifs is 1. The minimum absolute atomic E-state index is 0.0529. The number of piperidine rings is 1. The highest BCUT2D eigenvalue weighted by Crippen LogP contribution is 2.38. The van der Waals surface area contributed by atoms with Crippen LogP contribution in [0.25, 0.3) is 0 Å². The van der Waals surface area contributed by atoms with Gasteiger partial charge in [-0.1, -0.05) is 0 Å². The van der Waals surface area contributed by atoms with Crippen molar-refractivity contribution in [3.05, 3.63) is 21.8 Å². The molecule has 0 bridgehead atoms. The van der Waals surface area contributed by atoms with Gasteiger partial charge in [0.1, 0.15) is 6.04 Å². The zero-order valence-corrected chi connectivity index (χ0v) is 12.6. The summed E-state index contributed by atoms with van der Waals surface area (Å²) in [6.45, 7) is 2.02. The van der Waals surface area contributed by atoms with E-state index in [4.69, 9.17) is 0 Å². The maximum Gasteiger partial charge on any atom is 0.249 e. The van der Waals surface area contributed by atoms with Crippen LogP contribution >= 0.6 is 22.6 Å². The molecule has 2 amide bonds. The van der Waals surface area contributed by atoms with E-state index >= 15 is 0 Å². The molecule has 0 saturated carbocycles. The third-order valence-corrected chi connectivity index (χ3v) is 4.24. The number of carbonyl (C=O) groups is 2. The van der Waals surface area contributed by atoms with Crippen LogP contribution in [0.4, 0.5) is 11.4 Å². The van der Waals surface area contributed by atoms with Crippen molar-refractivity contribution in [2.75, 3.05) is 10.2 Å². The quantitative estimate of drug-likeness (QED) is 0.583. The number of nitrogens with one attached hydrogen (secondary N) is 2. The van der Waals surface area contributed by atoms with Gasteiger partial charge in [-0.2, -0.15) is 0 Å². The van der Waals surface area contributed by atoms with Crippen LogP contribution < -0.4 is 15.5 Å². The van der Waals surface area contributed by atoms with Gasteiger partial charge in [0.05, 0.1) is 17.5 Å². The Morgan fingerprint density at radius 3 is 2.89 bits per heavy atom. The van der Waals surface area contributed by atoms with E-state index in [1.54, 1.807) is 0 Å². The molecule has 2 aliphatic rings. The molecule has 0 aromatic heterocycles. The highest BCUT2D eigenvalue weighted by atomic mass is 127. The van der Waals surface area contributed by atoms with Crippen LogP contribution in [0.2, 0.25) is 0 Å². The van der Waals surface area contributed by atoms with Crippen molar-refractivity contribution in [2.24, 2.45) is 0 Å². The number of anilines is 2. The number of hydrogen-bond donors (Lipinski definition) is 2. The van der Waals surface area contributed by atoms with Crippen LogP contribution in [0.15, 0.2) is 18.2 Å². The summed E-state index contributed by atoms with van der Waals surface area (Å²) >= 11 is 2.27. The molecule has 1 fully saturated rings. The summed E-state index contributed by atoms with van der Waals surface area (Å²) in [5.74, 6) is -0.375. The Balaban J connectivity index is 1.94. The molecule has 1 aromatic rings. The van der Waals surface area contributed by atoms with Crippen LogP contribution in [0.5, 0.6) is 0 Å². The zero-order chi connectivity index (χ0) is 13.6. The average molecular weight is 371 g/mol. The lowest BCUT2D eigenvalue weighted by molar-refractivity contribution is -0.134. The predicted octanol–water partition coefficient (Wildman–Crippen LogP) is 1.67. The molecule has 1 saturated heterocycles. The first-order valence-electron chi connectivity index (χ1n) is 6.24. The number of nitrogens with zero attached hydrogens (tertiary/aromatic N) is 1. The predicted molar refractivity (Wildman–Crippen MR) is 80.9 cm³/mol. The molecule has 0 radical (unpaired) electrons. The molecule has 2 unspecified atom stereocenters. The van der Waals surface area contributed by atoms with Crippen LogP contribution in [0.1, 0.15) is 19.8 Å².